The van der Waals surface area contributed by atoms with Crippen LogP contribution in [-0.2, 0) is 9.53 Å². The molecule has 0 aromatic heterocycles. The van der Waals surface area contributed by atoms with Gasteiger partial charge in [-0.25, -0.2) is 0 Å². The van der Waals surface area contributed by atoms with Gasteiger partial charge >= 0.3 is 0 Å². The van der Waals surface area contributed by atoms with Gasteiger partial charge in [0.25, 0.3) is 0 Å². The lowest BCUT2D eigenvalue weighted by Gasteiger charge is -2.41. The van der Waals surface area contributed by atoms with Gasteiger partial charge in [0, 0.05) is 51.7 Å². The van der Waals surface area contributed by atoms with Crippen molar-refractivity contribution >= 4 is 5.91 Å². The van der Waals surface area contributed by atoms with E-state index in [2.05, 4.69) is 20.8 Å². The topological polar surface area (TPSA) is 36.0 Å². The summed E-state index contributed by atoms with van der Waals surface area (Å²) in [5.41, 5.74) is 1.52. The summed E-state index contributed by atoms with van der Waals surface area (Å²) in [6, 6.07) is 0.382. The quantitative estimate of drug-likeness (QED) is 0.710. The zero-order chi connectivity index (χ0) is 17.1. The Hall–Kier alpha value is -0.910. The molecule has 0 spiro atoms. The van der Waals surface area contributed by atoms with E-state index < -0.39 is 0 Å². The standard InChI is InChI=1S/C20H33N3O2/c24-20(17-6-7-17)23-9-2-1-5-19(23)18-4-3-8-22(16-18)11-10-21-12-14-25-15-13-21/h4,17,19H,1-3,5-16H2. The first-order chi connectivity index (χ1) is 12.3. The number of morpholine rings is 1. The molecule has 2 saturated heterocycles. The second-order valence-electron chi connectivity index (χ2n) is 8.12. The molecule has 1 amide bonds. The molecule has 25 heavy (non-hydrogen) atoms. The van der Waals surface area contributed by atoms with Crippen molar-refractivity contribution in [1.82, 2.24) is 14.7 Å². The average molecular weight is 348 g/mol. The van der Waals surface area contributed by atoms with E-state index in [1.54, 1.807) is 0 Å². The van der Waals surface area contributed by atoms with Crippen LogP contribution in [0.2, 0.25) is 0 Å². The van der Waals surface area contributed by atoms with Gasteiger partial charge in [-0.2, -0.15) is 0 Å². The van der Waals surface area contributed by atoms with Crippen molar-refractivity contribution in [2.24, 2.45) is 5.92 Å². The molecular weight excluding hydrogens is 314 g/mol. The number of hydrogen-bond acceptors (Lipinski definition) is 4. The summed E-state index contributed by atoms with van der Waals surface area (Å²) in [4.78, 5) is 20.0. The molecule has 0 bridgehead atoms. The summed E-state index contributed by atoms with van der Waals surface area (Å²) in [6.45, 7) is 9.39. The molecule has 1 atom stereocenters. The Kier molecular flexibility index (Phi) is 5.73. The van der Waals surface area contributed by atoms with Crippen LogP contribution in [-0.4, -0.2) is 85.7 Å². The summed E-state index contributed by atoms with van der Waals surface area (Å²) in [6.07, 6.45) is 9.43. The Morgan fingerprint density at radius 1 is 1.00 bits per heavy atom. The van der Waals surface area contributed by atoms with E-state index in [1.807, 2.05) is 0 Å². The number of amides is 1. The fourth-order valence-corrected chi connectivity index (χ4v) is 4.52. The van der Waals surface area contributed by atoms with Crippen molar-refractivity contribution in [3.05, 3.63) is 11.6 Å². The van der Waals surface area contributed by atoms with Gasteiger partial charge in [-0.3, -0.25) is 14.6 Å². The normalized spacial score (nSPS) is 29.5. The van der Waals surface area contributed by atoms with Crippen molar-refractivity contribution < 1.29 is 9.53 Å². The molecule has 0 radical (unpaired) electrons. The summed E-state index contributed by atoms with van der Waals surface area (Å²) >= 11 is 0. The van der Waals surface area contributed by atoms with Gasteiger partial charge in [0.2, 0.25) is 5.91 Å². The molecule has 3 heterocycles. The fraction of sp³-hybridized carbons (Fsp3) is 0.850. The van der Waals surface area contributed by atoms with Gasteiger partial charge in [-0.15, -0.1) is 0 Å². The predicted molar refractivity (Wildman–Crippen MR) is 98.5 cm³/mol. The number of carbonyl (C=O) groups excluding carboxylic acids is 1. The number of ether oxygens (including phenoxy) is 1. The van der Waals surface area contributed by atoms with Crippen LogP contribution in [0.3, 0.4) is 0 Å². The number of hydrogen-bond donors (Lipinski definition) is 0. The molecule has 1 aliphatic carbocycles. The Bertz CT molecular complexity index is 497. The SMILES string of the molecule is O=C(C1CC1)N1CCCCC1C1=CCCN(CCN2CCOCC2)C1. The number of nitrogens with zero attached hydrogens (tertiary/aromatic N) is 3. The number of likely N-dealkylation sites (tertiary alicyclic amines) is 1. The maximum absolute atomic E-state index is 12.7. The minimum absolute atomic E-state index is 0.349. The van der Waals surface area contributed by atoms with E-state index in [1.165, 1.54) is 24.8 Å². The van der Waals surface area contributed by atoms with Gasteiger partial charge in [-0.05, 0) is 44.1 Å². The van der Waals surface area contributed by atoms with Crippen molar-refractivity contribution in [2.45, 2.75) is 44.6 Å². The lowest BCUT2D eigenvalue weighted by molar-refractivity contribution is -0.135. The second kappa shape index (κ2) is 8.19. The van der Waals surface area contributed by atoms with Crippen LogP contribution in [0.1, 0.15) is 38.5 Å². The highest BCUT2D eigenvalue weighted by molar-refractivity contribution is 5.81. The monoisotopic (exact) mass is 347 g/mol. The highest BCUT2D eigenvalue weighted by Gasteiger charge is 2.38. The molecule has 4 rings (SSSR count). The van der Waals surface area contributed by atoms with Gasteiger partial charge in [0.05, 0.1) is 19.3 Å². The molecule has 3 aliphatic heterocycles. The largest absolute Gasteiger partial charge is 0.379 e. The average Bonchev–Trinajstić information content (AvgIpc) is 3.52. The van der Waals surface area contributed by atoms with E-state index in [4.69, 9.17) is 4.74 Å². The number of piperidine rings is 1. The number of carbonyl (C=O) groups is 1. The second-order valence-corrected chi connectivity index (χ2v) is 8.12. The van der Waals surface area contributed by atoms with Gasteiger partial charge < -0.3 is 9.64 Å². The van der Waals surface area contributed by atoms with Crippen molar-refractivity contribution in [2.75, 3.05) is 59.0 Å². The summed E-state index contributed by atoms with van der Waals surface area (Å²) in [5, 5.41) is 0. The molecule has 1 unspecified atom stereocenters. The number of rotatable bonds is 5. The molecule has 5 heteroatoms. The predicted octanol–water partition coefficient (Wildman–Crippen LogP) is 1.74. The Morgan fingerprint density at radius 2 is 1.80 bits per heavy atom. The first-order valence-corrected chi connectivity index (χ1v) is 10.3. The Labute approximate surface area is 152 Å². The lowest BCUT2D eigenvalue weighted by Crippen LogP contribution is -2.49. The summed E-state index contributed by atoms with van der Waals surface area (Å²) < 4.78 is 5.44. The van der Waals surface area contributed by atoms with E-state index in [-0.39, 0.29) is 0 Å². The molecule has 1 saturated carbocycles. The highest BCUT2D eigenvalue weighted by atomic mass is 16.5. The van der Waals surface area contributed by atoms with Crippen LogP contribution in [0.5, 0.6) is 0 Å². The van der Waals surface area contributed by atoms with Crippen LogP contribution in [0.15, 0.2) is 11.6 Å². The molecule has 4 aliphatic rings. The van der Waals surface area contributed by atoms with Gasteiger partial charge in [0.15, 0.2) is 0 Å². The molecule has 0 N–H and O–H groups in total. The summed E-state index contributed by atoms with van der Waals surface area (Å²) in [5.74, 6) is 0.790. The van der Waals surface area contributed by atoms with Crippen LogP contribution < -0.4 is 0 Å². The van der Waals surface area contributed by atoms with Crippen LogP contribution in [0.4, 0.5) is 0 Å². The molecular formula is C20H33N3O2. The molecule has 140 valence electrons. The summed E-state index contributed by atoms with van der Waals surface area (Å²) in [7, 11) is 0. The minimum Gasteiger partial charge on any atom is -0.379 e. The molecule has 3 fully saturated rings. The molecule has 0 aromatic carbocycles. The molecule has 5 nitrogen and oxygen atoms in total. The van der Waals surface area contributed by atoms with Crippen molar-refractivity contribution in [1.29, 1.82) is 0 Å². The van der Waals surface area contributed by atoms with Crippen LogP contribution in [0.25, 0.3) is 0 Å². The first kappa shape index (κ1) is 17.5. The first-order valence-electron chi connectivity index (χ1n) is 10.3. The van der Waals surface area contributed by atoms with Gasteiger partial charge in [0.1, 0.15) is 0 Å². The van der Waals surface area contributed by atoms with E-state index in [0.717, 1.165) is 78.3 Å². The third-order valence-electron chi connectivity index (χ3n) is 6.23. The fourth-order valence-electron chi connectivity index (χ4n) is 4.52. The smallest absolute Gasteiger partial charge is 0.226 e. The maximum atomic E-state index is 12.7. The third kappa shape index (κ3) is 4.44. The van der Waals surface area contributed by atoms with Crippen LogP contribution >= 0.6 is 0 Å². The van der Waals surface area contributed by atoms with E-state index >= 15 is 0 Å². The third-order valence-corrected chi connectivity index (χ3v) is 6.23. The zero-order valence-electron chi connectivity index (χ0n) is 15.5. The Balaban J connectivity index is 1.32. The Morgan fingerprint density at radius 3 is 2.60 bits per heavy atom. The zero-order valence-corrected chi connectivity index (χ0v) is 15.5. The highest BCUT2D eigenvalue weighted by Crippen LogP contribution is 2.35. The van der Waals surface area contributed by atoms with Crippen molar-refractivity contribution in [3.8, 4) is 0 Å². The maximum Gasteiger partial charge on any atom is 0.226 e. The lowest BCUT2D eigenvalue weighted by atomic mass is 9.92. The van der Waals surface area contributed by atoms with Crippen molar-refractivity contribution in [3.63, 3.8) is 0 Å². The van der Waals surface area contributed by atoms with Crippen LogP contribution in [0, 0.1) is 5.92 Å². The molecule has 0 aromatic rings. The van der Waals surface area contributed by atoms with Gasteiger partial charge in [-0.1, -0.05) is 6.08 Å². The van der Waals surface area contributed by atoms with E-state index in [0.29, 0.717) is 17.9 Å². The minimum atomic E-state index is 0.349. The van der Waals surface area contributed by atoms with E-state index in [9.17, 15) is 4.79 Å².